The molecule has 2 heterocycles. The van der Waals surface area contributed by atoms with Crippen molar-refractivity contribution in [3.05, 3.63) is 72.1 Å². The number of amides is 3. The summed E-state index contributed by atoms with van der Waals surface area (Å²) in [6.07, 6.45) is 4.29. The molecule has 14 heteroatoms. The molecule has 4 unspecified atom stereocenters. The molecule has 4 aromatic rings. The van der Waals surface area contributed by atoms with Crippen molar-refractivity contribution in [1.82, 2.24) is 25.9 Å². The van der Waals surface area contributed by atoms with E-state index in [9.17, 15) is 24.3 Å². The molecule has 45 heavy (non-hydrogen) atoms. The first kappa shape index (κ1) is 32.5. The number of H-pyrrole nitrogens is 2. The van der Waals surface area contributed by atoms with Crippen molar-refractivity contribution in [2.75, 3.05) is 6.54 Å². The van der Waals surface area contributed by atoms with Crippen molar-refractivity contribution in [3.8, 4) is 0 Å². The Morgan fingerprint density at radius 2 is 1.33 bits per heavy atom. The SMILES string of the molecule is CC(NC(=O)C(N)CCCN=C(N)N)C(=O)NC(Cc1c[nH]c2ccccc12)C(=O)NC(Cc1c[nH]c2ccccc12)C(=O)O. The van der Waals surface area contributed by atoms with Gasteiger partial charge in [-0.15, -0.1) is 0 Å². The highest BCUT2D eigenvalue weighted by molar-refractivity contribution is 5.95. The van der Waals surface area contributed by atoms with E-state index in [1.165, 1.54) is 6.92 Å². The highest BCUT2D eigenvalue weighted by Gasteiger charge is 2.30. The Kier molecular flexibility index (Phi) is 10.8. The number of nitrogens with zero attached hydrogens (tertiary/aromatic N) is 1. The minimum absolute atomic E-state index is 0.0202. The Hall–Kier alpha value is -5.37. The van der Waals surface area contributed by atoms with Gasteiger partial charge in [0, 0.05) is 53.6 Å². The average Bonchev–Trinajstić information content (AvgIpc) is 3.62. The monoisotopic (exact) mass is 617 g/mol. The van der Waals surface area contributed by atoms with E-state index in [-0.39, 0.29) is 25.2 Å². The van der Waals surface area contributed by atoms with Crippen molar-refractivity contribution in [2.45, 2.75) is 56.8 Å². The number of fused-ring (bicyclic) bond motifs is 2. The van der Waals surface area contributed by atoms with Gasteiger partial charge in [-0.1, -0.05) is 36.4 Å². The van der Waals surface area contributed by atoms with Gasteiger partial charge in [-0.05, 0) is 43.0 Å². The number of carboxylic acid groups (broad SMARTS) is 1. The summed E-state index contributed by atoms with van der Waals surface area (Å²) in [6, 6.07) is 10.6. The second-order valence-electron chi connectivity index (χ2n) is 10.9. The predicted molar refractivity (Wildman–Crippen MR) is 171 cm³/mol. The van der Waals surface area contributed by atoms with Crippen LogP contribution in [-0.2, 0) is 32.0 Å². The first-order chi connectivity index (χ1) is 21.5. The predicted octanol–water partition coefficient (Wildman–Crippen LogP) is 0.374. The number of hydrogen-bond acceptors (Lipinski definition) is 6. The lowest BCUT2D eigenvalue weighted by Gasteiger charge is -2.24. The normalized spacial score (nSPS) is 13.8. The van der Waals surface area contributed by atoms with Gasteiger partial charge in [-0.2, -0.15) is 0 Å². The van der Waals surface area contributed by atoms with Crippen LogP contribution in [0.2, 0.25) is 0 Å². The zero-order chi connectivity index (χ0) is 32.5. The van der Waals surface area contributed by atoms with Gasteiger partial charge in [0.25, 0.3) is 0 Å². The third-order valence-corrected chi connectivity index (χ3v) is 7.50. The van der Waals surface area contributed by atoms with Gasteiger partial charge in [0.1, 0.15) is 18.1 Å². The second-order valence-corrected chi connectivity index (χ2v) is 10.9. The van der Waals surface area contributed by atoms with Gasteiger partial charge in [0.2, 0.25) is 17.7 Å². The van der Waals surface area contributed by atoms with Crippen LogP contribution in [-0.4, -0.2) is 75.4 Å². The molecular formula is C31H39N9O5. The van der Waals surface area contributed by atoms with Crippen LogP contribution < -0.4 is 33.2 Å². The van der Waals surface area contributed by atoms with Crippen LogP contribution in [0, 0.1) is 0 Å². The molecule has 4 atom stereocenters. The maximum atomic E-state index is 13.7. The highest BCUT2D eigenvalue weighted by Crippen LogP contribution is 2.21. The molecule has 0 fully saturated rings. The number of nitrogens with one attached hydrogen (secondary N) is 5. The largest absolute Gasteiger partial charge is 0.480 e. The summed E-state index contributed by atoms with van der Waals surface area (Å²) in [5, 5.41) is 19.6. The van der Waals surface area contributed by atoms with Gasteiger partial charge in [-0.25, -0.2) is 4.79 Å². The Morgan fingerprint density at radius 3 is 1.89 bits per heavy atom. The number of aromatic amines is 2. The third-order valence-electron chi connectivity index (χ3n) is 7.50. The molecule has 0 bridgehead atoms. The lowest BCUT2D eigenvalue weighted by molar-refractivity contribution is -0.142. The summed E-state index contributed by atoms with van der Waals surface area (Å²) in [4.78, 5) is 61.9. The molecule has 0 aliphatic rings. The number of nitrogens with two attached hydrogens (primary N) is 3. The van der Waals surface area contributed by atoms with Gasteiger partial charge >= 0.3 is 5.97 Å². The summed E-state index contributed by atoms with van der Waals surface area (Å²) >= 11 is 0. The van der Waals surface area contributed by atoms with Crippen LogP contribution in [0.5, 0.6) is 0 Å². The minimum atomic E-state index is -1.27. The molecule has 0 saturated heterocycles. The fourth-order valence-corrected chi connectivity index (χ4v) is 5.06. The van der Waals surface area contributed by atoms with Crippen LogP contribution in [0.3, 0.4) is 0 Å². The van der Waals surface area contributed by atoms with E-state index >= 15 is 0 Å². The zero-order valence-corrected chi connectivity index (χ0v) is 24.9. The van der Waals surface area contributed by atoms with Crippen LogP contribution >= 0.6 is 0 Å². The van der Waals surface area contributed by atoms with Crippen molar-refractivity contribution in [2.24, 2.45) is 22.2 Å². The second kappa shape index (κ2) is 14.9. The quantitative estimate of drug-likeness (QED) is 0.0511. The molecule has 4 rings (SSSR count). The van der Waals surface area contributed by atoms with E-state index in [2.05, 4.69) is 30.9 Å². The standard InChI is InChI=1S/C31H39N9O5/c1-17(38-28(42)22(32)9-6-12-35-31(33)34)27(41)39-25(13-18-15-36-23-10-4-2-7-20(18)23)29(43)40-26(30(44)45)14-19-16-37-24-11-5-3-8-21(19)24/h2-5,7-8,10-11,15-17,22,25-26,36-37H,6,9,12-14,32H2,1H3,(H,38,42)(H,39,41)(H,40,43)(H,44,45)(H4,33,34,35). The Bertz CT molecular complexity index is 1690. The number of carbonyl (C=O) groups excluding carboxylic acids is 3. The van der Waals surface area contributed by atoms with E-state index in [0.29, 0.717) is 13.0 Å². The maximum Gasteiger partial charge on any atom is 0.326 e. The number of rotatable bonds is 15. The third kappa shape index (κ3) is 8.60. The van der Waals surface area contributed by atoms with Gasteiger partial charge < -0.3 is 48.2 Å². The molecule has 238 valence electrons. The number of hydrogen-bond donors (Lipinski definition) is 9. The van der Waals surface area contributed by atoms with E-state index in [1.807, 2.05) is 48.5 Å². The molecule has 14 nitrogen and oxygen atoms in total. The zero-order valence-electron chi connectivity index (χ0n) is 24.9. The van der Waals surface area contributed by atoms with Crippen LogP contribution in [0.4, 0.5) is 0 Å². The molecular weight excluding hydrogens is 578 g/mol. The summed E-state index contributed by atoms with van der Waals surface area (Å²) in [6.45, 7) is 1.78. The van der Waals surface area contributed by atoms with E-state index in [4.69, 9.17) is 17.2 Å². The van der Waals surface area contributed by atoms with Crippen LogP contribution in [0.15, 0.2) is 65.9 Å². The van der Waals surface area contributed by atoms with Crippen molar-refractivity contribution >= 4 is 51.5 Å². The summed E-state index contributed by atoms with van der Waals surface area (Å²) in [5.74, 6) is -3.16. The van der Waals surface area contributed by atoms with Crippen LogP contribution in [0.1, 0.15) is 30.9 Å². The van der Waals surface area contributed by atoms with Crippen molar-refractivity contribution in [1.29, 1.82) is 0 Å². The number of aliphatic imine (C=N–C) groups is 1. The summed E-state index contributed by atoms with van der Waals surface area (Å²) in [5.41, 5.74) is 19.7. The molecule has 0 aliphatic heterocycles. The van der Waals surface area contributed by atoms with Crippen LogP contribution in [0.25, 0.3) is 21.8 Å². The lowest BCUT2D eigenvalue weighted by atomic mass is 10.0. The highest BCUT2D eigenvalue weighted by atomic mass is 16.4. The maximum absolute atomic E-state index is 13.7. The van der Waals surface area contributed by atoms with Crippen molar-refractivity contribution < 1.29 is 24.3 Å². The molecule has 2 aromatic heterocycles. The summed E-state index contributed by atoms with van der Waals surface area (Å²) in [7, 11) is 0. The number of para-hydroxylation sites is 2. The van der Waals surface area contributed by atoms with Gasteiger partial charge in [0.15, 0.2) is 5.96 Å². The van der Waals surface area contributed by atoms with Gasteiger partial charge in [0.05, 0.1) is 6.04 Å². The smallest absolute Gasteiger partial charge is 0.326 e. The number of guanidine groups is 1. The number of aromatic nitrogens is 2. The first-order valence-electron chi connectivity index (χ1n) is 14.6. The first-order valence-corrected chi connectivity index (χ1v) is 14.6. The molecule has 0 saturated carbocycles. The molecule has 0 radical (unpaired) electrons. The topological polar surface area (TPSA) is 247 Å². The molecule has 2 aromatic carbocycles. The minimum Gasteiger partial charge on any atom is -0.480 e. The number of benzene rings is 2. The van der Waals surface area contributed by atoms with E-state index in [1.54, 1.807) is 12.4 Å². The Morgan fingerprint density at radius 1 is 0.800 bits per heavy atom. The molecule has 0 spiro atoms. The number of carboxylic acids is 1. The molecule has 3 amide bonds. The number of aliphatic carboxylic acids is 1. The summed E-state index contributed by atoms with van der Waals surface area (Å²) < 4.78 is 0. The van der Waals surface area contributed by atoms with E-state index in [0.717, 1.165) is 32.9 Å². The lowest BCUT2D eigenvalue weighted by Crippen LogP contribution is -2.57. The molecule has 0 aliphatic carbocycles. The average molecular weight is 618 g/mol. The number of carbonyl (C=O) groups is 4. The fraction of sp³-hybridized carbons (Fsp3) is 0.323. The fourth-order valence-electron chi connectivity index (χ4n) is 5.06. The Labute approximate surface area is 259 Å². The van der Waals surface area contributed by atoms with E-state index < -0.39 is 47.9 Å². The van der Waals surface area contributed by atoms with Crippen molar-refractivity contribution in [3.63, 3.8) is 0 Å². The van der Waals surface area contributed by atoms with Gasteiger partial charge in [-0.3, -0.25) is 19.4 Å². The molecule has 12 N–H and O–H groups in total. The Balaban J connectivity index is 1.47.